The van der Waals surface area contributed by atoms with Gasteiger partial charge in [-0.2, -0.15) is 0 Å². The summed E-state index contributed by atoms with van der Waals surface area (Å²) in [7, 11) is 0. The molecule has 6 heteroatoms. The van der Waals surface area contributed by atoms with Crippen molar-refractivity contribution < 1.29 is 14.3 Å². The van der Waals surface area contributed by atoms with Crippen LogP contribution in [0.25, 0.3) is 0 Å². The van der Waals surface area contributed by atoms with E-state index in [0.717, 1.165) is 28.3 Å². The predicted octanol–water partition coefficient (Wildman–Crippen LogP) is 3.58. The Morgan fingerprint density at radius 1 is 1.11 bits per heavy atom. The van der Waals surface area contributed by atoms with E-state index in [0.29, 0.717) is 19.7 Å². The van der Waals surface area contributed by atoms with Crippen molar-refractivity contribution in [3.05, 3.63) is 53.6 Å². The summed E-state index contributed by atoms with van der Waals surface area (Å²) >= 11 is 0. The first-order chi connectivity index (χ1) is 13.0. The summed E-state index contributed by atoms with van der Waals surface area (Å²) in [5.41, 5.74) is 3.67. The van der Waals surface area contributed by atoms with E-state index in [1.165, 1.54) is 0 Å². The van der Waals surface area contributed by atoms with Crippen LogP contribution in [0, 0.1) is 13.8 Å². The lowest BCUT2D eigenvalue weighted by Gasteiger charge is -2.19. The molecule has 27 heavy (non-hydrogen) atoms. The van der Waals surface area contributed by atoms with Gasteiger partial charge in [-0.3, -0.25) is 9.69 Å². The van der Waals surface area contributed by atoms with E-state index in [9.17, 15) is 9.59 Å². The summed E-state index contributed by atoms with van der Waals surface area (Å²) in [4.78, 5) is 28.3. The number of hydrogen-bond acceptors (Lipinski definition) is 3. The molecule has 0 spiro atoms. The van der Waals surface area contributed by atoms with E-state index in [1.54, 1.807) is 9.80 Å². The topological polar surface area (TPSA) is 61.9 Å². The van der Waals surface area contributed by atoms with Gasteiger partial charge in [0.25, 0.3) is 0 Å². The molecule has 142 valence electrons. The van der Waals surface area contributed by atoms with E-state index in [2.05, 4.69) is 5.32 Å². The number of nitrogens with zero attached hydrogens (tertiary/aromatic N) is 2. The molecule has 6 nitrogen and oxygen atoms in total. The average molecular weight is 367 g/mol. The Labute approximate surface area is 159 Å². The summed E-state index contributed by atoms with van der Waals surface area (Å²) in [6, 6.07) is 13.2. The Morgan fingerprint density at radius 3 is 2.56 bits per heavy atom. The molecule has 2 aromatic rings. The highest BCUT2D eigenvalue weighted by Crippen LogP contribution is 2.23. The number of hydrogen-bond donors (Lipinski definition) is 1. The van der Waals surface area contributed by atoms with Gasteiger partial charge in [-0.1, -0.05) is 12.1 Å². The largest absolute Gasteiger partial charge is 0.494 e. The van der Waals surface area contributed by atoms with Crippen LogP contribution in [0.3, 0.4) is 0 Å². The van der Waals surface area contributed by atoms with Gasteiger partial charge in [0.05, 0.1) is 6.61 Å². The zero-order valence-corrected chi connectivity index (χ0v) is 16.0. The van der Waals surface area contributed by atoms with Crippen LogP contribution in [0.5, 0.6) is 5.75 Å². The lowest BCUT2D eigenvalue weighted by atomic mass is 10.1. The molecule has 0 radical (unpaired) electrons. The van der Waals surface area contributed by atoms with Gasteiger partial charge in [-0.15, -0.1) is 0 Å². The second-order valence-corrected chi connectivity index (χ2v) is 6.65. The van der Waals surface area contributed by atoms with Crippen LogP contribution < -0.4 is 15.0 Å². The highest BCUT2D eigenvalue weighted by atomic mass is 16.5. The van der Waals surface area contributed by atoms with Crippen LogP contribution in [0.15, 0.2) is 42.5 Å². The van der Waals surface area contributed by atoms with Crippen LogP contribution in [0.1, 0.15) is 18.1 Å². The molecule has 0 bridgehead atoms. The highest BCUT2D eigenvalue weighted by Gasteiger charge is 2.30. The normalized spacial score (nSPS) is 13.8. The van der Waals surface area contributed by atoms with Gasteiger partial charge < -0.3 is 15.0 Å². The van der Waals surface area contributed by atoms with Crippen molar-refractivity contribution in [1.82, 2.24) is 4.90 Å². The third kappa shape index (κ3) is 4.39. The summed E-state index contributed by atoms with van der Waals surface area (Å²) in [6.45, 7) is 7.58. The molecule has 1 saturated heterocycles. The van der Waals surface area contributed by atoms with Gasteiger partial charge >= 0.3 is 6.03 Å². The zero-order chi connectivity index (χ0) is 19.4. The second-order valence-electron chi connectivity index (χ2n) is 6.65. The Morgan fingerprint density at radius 2 is 1.85 bits per heavy atom. The fourth-order valence-corrected chi connectivity index (χ4v) is 3.09. The van der Waals surface area contributed by atoms with Crippen molar-refractivity contribution in [2.75, 3.05) is 36.5 Å². The first-order valence-corrected chi connectivity index (χ1v) is 9.14. The first-order valence-electron chi connectivity index (χ1n) is 9.14. The molecule has 3 rings (SSSR count). The molecule has 0 aliphatic carbocycles. The molecule has 0 aromatic heterocycles. The van der Waals surface area contributed by atoms with Gasteiger partial charge in [0.2, 0.25) is 5.91 Å². The Kier molecular flexibility index (Phi) is 5.64. The summed E-state index contributed by atoms with van der Waals surface area (Å²) in [5.74, 6) is 0.586. The number of aryl methyl sites for hydroxylation is 2. The lowest BCUT2D eigenvalue weighted by molar-refractivity contribution is -0.116. The van der Waals surface area contributed by atoms with Crippen molar-refractivity contribution in [1.29, 1.82) is 0 Å². The van der Waals surface area contributed by atoms with Crippen molar-refractivity contribution in [2.24, 2.45) is 0 Å². The van der Waals surface area contributed by atoms with Crippen LogP contribution in [-0.4, -0.2) is 43.1 Å². The van der Waals surface area contributed by atoms with Crippen LogP contribution in [0.2, 0.25) is 0 Å². The van der Waals surface area contributed by atoms with Crippen LogP contribution >= 0.6 is 0 Å². The number of rotatable bonds is 6. The summed E-state index contributed by atoms with van der Waals surface area (Å²) in [6.07, 6.45) is 0. The van der Waals surface area contributed by atoms with Crippen molar-refractivity contribution in [2.45, 2.75) is 20.8 Å². The number of anilines is 2. The number of amides is 3. The van der Waals surface area contributed by atoms with Gasteiger partial charge in [0.1, 0.15) is 12.3 Å². The fourth-order valence-electron chi connectivity index (χ4n) is 3.09. The number of ether oxygens (including phenoxy) is 1. The predicted molar refractivity (Wildman–Crippen MR) is 106 cm³/mol. The average Bonchev–Trinajstić information content (AvgIpc) is 3.00. The molecule has 1 heterocycles. The smallest absolute Gasteiger partial charge is 0.325 e. The van der Waals surface area contributed by atoms with Crippen LogP contribution in [-0.2, 0) is 4.79 Å². The van der Waals surface area contributed by atoms with Crippen molar-refractivity contribution in [3.8, 4) is 5.75 Å². The molecule has 0 atom stereocenters. The van der Waals surface area contributed by atoms with Crippen LogP contribution in [0.4, 0.5) is 16.2 Å². The highest BCUT2D eigenvalue weighted by molar-refractivity contribution is 5.99. The minimum Gasteiger partial charge on any atom is -0.494 e. The first kappa shape index (κ1) is 18.8. The lowest BCUT2D eigenvalue weighted by Crippen LogP contribution is -2.37. The van der Waals surface area contributed by atoms with Crippen molar-refractivity contribution >= 4 is 23.3 Å². The maximum atomic E-state index is 12.7. The van der Waals surface area contributed by atoms with E-state index in [1.807, 2.05) is 63.2 Å². The van der Waals surface area contributed by atoms with Gasteiger partial charge in [0.15, 0.2) is 0 Å². The number of urea groups is 1. The van der Waals surface area contributed by atoms with E-state index >= 15 is 0 Å². The standard InChI is InChI=1S/C21H25N3O3/c1-4-27-18-9-7-17(8-10-18)24-12-11-23(21(24)26)14-20(25)22-19-13-15(2)5-6-16(19)3/h5-10,13H,4,11-12,14H2,1-3H3,(H,22,25). The molecule has 3 amide bonds. The monoisotopic (exact) mass is 367 g/mol. The number of carbonyl (C=O) groups excluding carboxylic acids is 2. The molecular formula is C21H25N3O3. The van der Waals surface area contributed by atoms with Gasteiger partial charge in [0, 0.05) is 24.5 Å². The molecule has 2 aromatic carbocycles. The van der Waals surface area contributed by atoms with E-state index in [4.69, 9.17) is 4.74 Å². The maximum Gasteiger partial charge on any atom is 0.325 e. The molecule has 0 unspecified atom stereocenters. The quantitative estimate of drug-likeness (QED) is 0.849. The van der Waals surface area contributed by atoms with Crippen molar-refractivity contribution in [3.63, 3.8) is 0 Å². The van der Waals surface area contributed by atoms with E-state index in [-0.39, 0.29) is 18.5 Å². The molecule has 0 saturated carbocycles. The molecule has 1 N–H and O–H groups in total. The minimum atomic E-state index is -0.189. The Bertz CT molecular complexity index is 833. The summed E-state index contributed by atoms with van der Waals surface area (Å²) < 4.78 is 5.43. The SMILES string of the molecule is CCOc1ccc(N2CCN(CC(=O)Nc3cc(C)ccc3C)C2=O)cc1. The number of nitrogens with one attached hydrogen (secondary N) is 1. The Hall–Kier alpha value is -3.02. The molecular weight excluding hydrogens is 342 g/mol. The third-order valence-electron chi connectivity index (χ3n) is 4.56. The summed E-state index contributed by atoms with van der Waals surface area (Å²) in [5, 5.41) is 2.91. The van der Waals surface area contributed by atoms with Gasteiger partial charge in [-0.25, -0.2) is 4.79 Å². The van der Waals surface area contributed by atoms with E-state index < -0.39 is 0 Å². The second kappa shape index (κ2) is 8.12. The zero-order valence-electron chi connectivity index (χ0n) is 16.0. The third-order valence-corrected chi connectivity index (χ3v) is 4.56. The molecule has 1 aliphatic rings. The fraction of sp³-hybridized carbons (Fsp3) is 0.333. The number of benzene rings is 2. The van der Waals surface area contributed by atoms with Gasteiger partial charge in [-0.05, 0) is 62.2 Å². The minimum absolute atomic E-state index is 0.0414. The number of carbonyl (C=O) groups is 2. The Balaban J connectivity index is 1.61. The maximum absolute atomic E-state index is 12.7. The molecule has 1 fully saturated rings. The molecule has 1 aliphatic heterocycles.